The van der Waals surface area contributed by atoms with Gasteiger partial charge in [-0.15, -0.1) is 0 Å². The van der Waals surface area contributed by atoms with E-state index < -0.39 is 5.97 Å². The molecule has 0 radical (unpaired) electrons. The van der Waals surface area contributed by atoms with Gasteiger partial charge < -0.3 is 5.11 Å². The smallest absolute Gasteiger partial charge is 0.317 e. The minimum Gasteiger partial charge on any atom is -0.480 e. The van der Waals surface area contributed by atoms with Crippen LogP contribution >= 0.6 is 0 Å². The molecule has 1 N–H and O–H groups in total. The maximum atomic E-state index is 10.8. The number of carbonyl (C=O) groups is 1. The van der Waals surface area contributed by atoms with Gasteiger partial charge in [-0.1, -0.05) is 32.1 Å². The Bertz CT molecular complexity index is 249. The van der Waals surface area contributed by atoms with E-state index in [1.54, 1.807) is 0 Å². The Morgan fingerprint density at radius 2 is 1.82 bits per heavy atom. The normalized spacial score (nSPS) is 27.4. The Hall–Kier alpha value is -0.570. The van der Waals surface area contributed by atoms with Crippen molar-refractivity contribution in [2.45, 2.75) is 63.8 Å². The van der Waals surface area contributed by atoms with Crippen molar-refractivity contribution in [3.63, 3.8) is 0 Å². The largest absolute Gasteiger partial charge is 0.480 e. The van der Waals surface area contributed by atoms with Crippen LogP contribution in [0.3, 0.4) is 0 Å². The van der Waals surface area contributed by atoms with Crippen molar-refractivity contribution in [3.05, 3.63) is 0 Å². The average Bonchev–Trinajstić information content (AvgIpc) is 2.74. The zero-order valence-electron chi connectivity index (χ0n) is 10.7. The van der Waals surface area contributed by atoms with E-state index in [4.69, 9.17) is 5.11 Å². The Labute approximate surface area is 104 Å². The summed E-state index contributed by atoms with van der Waals surface area (Å²) in [7, 11) is 0. The van der Waals surface area contributed by atoms with E-state index in [0.29, 0.717) is 6.04 Å². The maximum absolute atomic E-state index is 10.8. The van der Waals surface area contributed by atoms with Crippen LogP contribution in [0.25, 0.3) is 0 Å². The highest BCUT2D eigenvalue weighted by Gasteiger charge is 2.26. The highest BCUT2D eigenvalue weighted by atomic mass is 16.4. The van der Waals surface area contributed by atoms with Crippen LogP contribution in [-0.4, -0.2) is 35.1 Å². The molecule has 1 aliphatic carbocycles. The summed E-state index contributed by atoms with van der Waals surface area (Å²) in [5.41, 5.74) is 0. The van der Waals surface area contributed by atoms with Gasteiger partial charge >= 0.3 is 5.97 Å². The molecule has 0 aromatic rings. The van der Waals surface area contributed by atoms with Gasteiger partial charge in [-0.2, -0.15) is 0 Å². The number of carboxylic acid groups (broad SMARTS) is 1. The summed E-state index contributed by atoms with van der Waals surface area (Å²) < 4.78 is 0. The van der Waals surface area contributed by atoms with Crippen LogP contribution in [0, 0.1) is 5.92 Å². The van der Waals surface area contributed by atoms with Gasteiger partial charge in [-0.3, -0.25) is 9.69 Å². The lowest BCUT2D eigenvalue weighted by atomic mass is 9.85. The second kappa shape index (κ2) is 6.39. The minimum absolute atomic E-state index is 0.245. The number of aliphatic carboxylic acids is 1. The molecular formula is C14H25NO2. The molecule has 1 atom stereocenters. The summed E-state index contributed by atoms with van der Waals surface area (Å²) in [5.74, 6) is 0.255. The third-order valence-electron chi connectivity index (χ3n) is 4.47. The minimum atomic E-state index is -0.672. The first-order chi connectivity index (χ1) is 8.25. The van der Waals surface area contributed by atoms with Gasteiger partial charge in [0, 0.05) is 6.04 Å². The highest BCUT2D eigenvalue weighted by molar-refractivity contribution is 5.69. The van der Waals surface area contributed by atoms with Gasteiger partial charge in [0.25, 0.3) is 0 Å². The van der Waals surface area contributed by atoms with Crippen LogP contribution in [0.2, 0.25) is 0 Å². The molecule has 1 saturated carbocycles. The van der Waals surface area contributed by atoms with E-state index in [1.807, 2.05) is 0 Å². The molecule has 1 aliphatic heterocycles. The summed E-state index contributed by atoms with van der Waals surface area (Å²) in [5, 5.41) is 8.87. The van der Waals surface area contributed by atoms with Crippen LogP contribution in [0.15, 0.2) is 0 Å². The molecule has 2 fully saturated rings. The van der Waals surface area contributed by atoms with Gasteiger partial charge in [-0.25, -0.2) is 0 Å². The lowest BCUT2D eigenvalue weighted by molar-refractivity contribution is -0.138. The van der Waals surface area contributed by atoms with E-state index in [-0.39, 0.29) is 6.54 Å². The van der Waals surface area contributed by atoms with Crippen LogP contribution < -0.4 is 0 Å². The molecule has 3 nitrogen and oxygen atoms in total. The van der Waals surface area contributed by atoms with Crippen LogP contribution in [0.5, 0.6) is 0 Å². The fourth-order valence-electron chi connectivity index (χ4n) is 3.51. The summed E-state index contributed by atoms with van der Waals surface area (Å²) in [6.07, 6.45) is 12.0. The predicted octanol–water partition coefficient (Wildman–Crippen LogP) is 2.90. The van der Waals surface area contributed by atoms with Crippen LogP contribution in [0.4, 0.5) is 0 Å². The van der Waals surface area contributed by atoms with Crippen molar-refractivity contribution >= 4 is 5.97 Å². The molecule has 0 spiro atoms. The van der Waals surface area contributed by atoms with E-state index in [0.717, 1.165) is 12.5 Å². The molecule has 0 aromatic heterocycles. The summed E-state index contributed by atoms with van der Waals surface area (Å²) in [6, 6.07) is 0.549. The van der Waals surface area contributed by atoms with E-state index in [9.17, 15) is 4.79 Å². The zero-order chi connectivity index (χ0) is 12.1. The standard InChI is InChI=1S/C14H25NO2/c16-14(17)11-15-10-4-7-13(15)9-8-12-5-2-1-3-6-12/h12-13H,1-11H2,(H,16,17)/t13-/m1/s1. The molecule has 0 unspecified atom stereocenters. The highest BCUT2D eigenvalue weighted by Crippen LogP contribution is 2.30. The van der Waals surface area contributed by atoms with Crippen molar-refractivity contribution in [1.82, 2.24) is 4.90 Å². The summed E-state index contributed by atoms with van der Waals surface area (Å²) in [4.78, 5) is 12.9. The topological polar surface area (TPSA) is 40.5 Å². The Morgan fingerprint density at radius 3 is 2.53 bits per heavy atom. The van der Waals surface area contributed by atoms with E-state index >= 15 is 0 Å². The first kappa shape index (κ1) is 12.9. The molecule has 2 rings (SSSR count). The average molecular weight is 239 g/mol. The summed E-state index contributed by atoms with van der Waals surface area (Å²) in [6.45, 7) is 1.23. The molecule has 0 bridgehead atoms. The van der Waals surface area contributed by atoms with Crippen molar-refractivity contribution in [3.8, 4) is 0 Å². The van der Waals surface area contributed by atoms with E-state index in [1.165, 1.54) is 57.8 Å². The Morgan fingerprint density at radius 1 is 1.06 bits per heavy atom. The fourth-order valence-corrected chi connectivity index (χ4v) is 3.51. The van der Waals surface area contributed by atoms with Crippen molar-refractivity contribution in [2.75, 3.05) is 13.1 Å². The molecule has 0 aromatic carbocycles. The molecule has 0 amide bonds. The third-order valence-corrected chi connectivity index (χ3v) is 4.47. The lowest BCUT2D eigenvalue weighted by Crippen LogP contribution is -2.34. The number of hydrogen-bond donors (Lipinski definition) is 1. The number of nitrogens with zero attached hydrogens (tertiary/aromatic N) is 1. The van der Waals surface area contributed by atoms with Gasteiger partial charge in [0.2, 0.25) is 0 Å². The number of rotatable bonds is 5. The second-order valence-electron chi connectivity index (χ2n) is 5.74. The quantitative estimate of drug-likeness (QED) is 0.802. The van der Waals surface area contributed by atoms with Gasteiger partial charge in [-0.05, 0) is 38.1 Å². The number of hydrogen-bond acceptors (Lipinski definition) is 2. The molecule has 1 heterocycles. The monoisotopic (exact) mass is 239 g/mol. The molecule has 17 heavy (non-hydrogen) atoms. The SMILES string of the molecule is O=C(O)CN1CCC[C@@H]1CCC1CCCCC1. The van der Waals surface area contributed by atoms with Gasteiger partial charge in [0.05, 0.1) is 6.54 Å². The zero-order valence-corrected chi connectivity index (χ0v) is 10.7. The molecular weight excluding hydrogens is 214 g/mol. The molecule has 2 aliphatic rings. The first-order valence-electron chi connectivity index (χ1n) is 7.21. The van der Waals surface area contributed by atoms with Gasteiger partial charge in [0.15, 0.2) is 0 Å². The number of likely N-dealkylation sites (tertiary alicyclic amines) is 1. The first-order valence-corrected chi connectivity index (χ1v) is 7.21. The molecule has 1 saturated heterocycles. The van der Waals surface area contributed by atoms with Crippen LogP contribution in [-0.2, 0) is 4.79 Å². The van der Waals surface area contributed by atoms with Crippen molar-refractivity contribution < 1.29 is 9.90 Å². The predicted molar refractivity (Wildman–Crippen MR) is 68.0 cm³/mol. The lowest BCUT2D eigenvalue weighted by Gasteiger charge is -2.26. The second-order valence-corrected chi connectivity index (χ2v) is 5.74. The third kappa shape index (κ3) is 3.98. The maximum Gasteiger partial charge on any atom is 0.317 e. The summed E-state index contributed by atoms with van der Waals surface area (Å²) >= 11 is 0. The molecule has 98 valence electrons. The molecule has 3 heteroatoms. The van der Waals surface area contributed by atoms with Crippen molar-refractivity contribution in [1.29, 1.82) is 0 Å². The fraction of sp³-hybridized carbons (Fsp3) is 0.929. The Kier molecular flexibility index (Phi) is 4.84. The number of carboxylic acids is 1. The van der Waals surface area contributed by atoms with Crippen LogP contribution in [0.1, 0.15) is 57.8 Å². The Balaban J connectivity index is 1.71. The van der Waals surface area contributed by atoms with Gasteiger partial charge in [0.1, 0.15) is 0 Å². The van der Waals surface area contributed by atoms with Crippen molar-refractivity contribution in [2.24, 2.45) is 5.92 Å². The van der Waals surface area contributed by atoms with E-state index in [2.05, 4.69) is 4.90 Å².